The van der Waals surface area contributed by atoms with Crippen LogP contribution in [0.4, 0.5) is 4.39 Å². The molecule has 5 nitrogen and oxygen atoms in total. The normalized spacial score (nSPS) is 15.0. The number of aliphatic imine (C=N–C) groups is 1. The lowest BCUT2D eigenvalue weighted by atomic mass is 10.1. The second-order valence-electron chi connectivity index (χ2n) is 5.28. The first-order valence-corrected chi connectivity index (χ1v) is 8.19. The molecule has 3 rings (SSSR count). The van der Waals surface area contributed by atoms with Gasteiger partial charge in [0.1, 0.15) is 5.82 Å². The van der Waals surface area contributed by atoms with Crippen molar-refractivity contribution < 1.29 is 23.4 Å². The molecular weight excluding hydrogens is 361 g/mol. The van der Waals surface area contributed by atoms with E-state index in [2.05, 4.69) is 4.99 Å². The molecule has 2 aromatic carbocycles. The Hall–Kier alpha value is -2.86. The van der Waals surface area contributed by atoms with Crippen molar-refractivity contribution in [3.63, 3.8) is 0 Å². The van der Waals surface area contributed by atoms with Crippen LogP contribution in [0.15, 0.2) is 47.1 Å². The molecule has 0 amide bonds. The summed E-state index contributed by atoms with van der Waals surface area (Å²) < 4.78 is 29.7. The highest BCUT2D eigenvalue weighted by atomic mass is 35.5. The zero-order valence-electron chi connectivity index (χ0n) is 14.1. The minimum Gasteiger partial charge on any atom is -0.493 e. The Morgan fingerprint density at radius 2 is 2.08 bits per heavy atom. The van der Waals surface area contributed by atoms with Crippen LogP contribution in [-0.2, 0) is 9.53 Å². The number of halogens is 2. The van der Waals surface area contributed by atoms with E-state index < -0.39 is 11.8 Å². The second kappa shape index (κ2) is 7.58. The number of nitrogens with zero attached hydrogens (tertiary/aromatic N) is 1. The zero-order chi connectivity index (χ0) is 18.7. The van der Waals surface area contributed by atoms with Crippen LogP contribution in [0.3, 0.4) is 0 Å². The van der Waals surface area contributed by atoms with Crippen molar-refractivity contribution in [1.29, 1.82) is 0 Å². The Balaban J connectivity index is 1.98. The summed E-state index contributed by atoms with van der Waals surface area (Å²) in [6.45, 7) is 2.26. The number of cyclic esters (lactones) is 1. The van der Waals surface area contributed by atoms with Crippen molar-refractivity contribution in [3.05, 3.63) is 64.1 Å². The third-order valence-corrected chi connectivity index (χ3v) is 3.85. The fraction of sp³-hybridized carbons (Fsp3) is 0.158. The van der Waals surface area contributed by atoms with Crippen LogP contribution < -0.4 is 9.47 Å². The molecule has 26 heavy (non-hydrogen) atoms. The molecule has 7 heteroatoms. The molecule has 0 atom stereocenters. The highest BCUT2D eigenvalue weighted by Gasteiger charge is 2.26. The number of hydrogen-bond donors (Lipinski definition) is 0. The second-order valence-corrected chi connectivity index (χ2v) is 5.69. The maximum Gasteiger partial charge on any atom is 0.363 e. The van der Waals surface area contributed by atoms with Crippen LogP contribution in [0.1, 0.15) is 18.1 Å². The summed E-state index contributed by atoms with van der Waals surface area (Å²) in [6.07, 6.45) is 1.49. The monoisotopic (exact) mass is 375 g/mol. The number of carbonyl (C=O) groups excluding carboxylic acids is 1. The molecule has 0 unspecified atom stereocenters. The molecule has 1 aliphatic heterocycles. The van der Waals surface area contributed by atoms with Gasteiger partial charge in [0.05, 0.1) is 24.3 Å². The standard InChI is InChI=1S/C19H15ClFNO4/c1-3-25-17-13(20)8-11(10-16(17)24-2)9-15-19(23)26-18(22-15)12-6-4-5-7-14(12)21/h4-10H,3H2,1-2H3/b15-9+. The van der Waals surface area contributed by atoms with Crippen LogP contribution >= 0.6 is 11.6 Å². The average molecular weight is 376 g/mol. The molecule has 1 aliphatic rings. The molecule has 0 N–H and O–H groups in total. The Bertz CT molecular complexity index is 924. The van der Waals surface area contributed by atoms with Crippen LogP contribution in [0.2, 0.25) is 5.02 Å². The number of methoxy groups -OCH3 is 1. The predicted octanol–water partition coefficient (Wildman–Crippen LogP) is 4.23. The molecule has 0 aromatic heterocycles. The van der Waals surface area contributed by atoms with Gasteiger partial charge in [0.2, 0.25) is 5.90 Å². The van der Waals surface area contributed by atoms with E-state index in [4.69, 9.17) is 25.8 Å². The van der Waals surface area contributed by atoms with Gasteiger partial charge in [0, 0.05) is 0 Å². The summed E-state index contributed by atoms with van der Waals surface area (Å²) in [5.41, 5.74) is 0.720. The maximum absolute atomic E-state index is 13.9. The fourth-order valence-electron chi connectivity index (χ4n) is 2.42. The molecule has 0 bridgehead atoms. The summed E-state index contributed by atoms with van der Waals surface area (Å²) in [6, 6.07) is 9.21. The van der Waals surface area contributed by atoms with E-state index in [1.807, 2.05) is 6.92 Å². The number of esters is 1. The lowest BCUT2D eigenvalue weighted by Gasteiger charge is -2.11. The van der Waals surface area contributed by atoms with Crippen LogP contribution in [0.25, 0.3) is 6.08 Å². The Kier molecular flexibility index (Phi) is 5.23. The summed E-state index contributed by atoms with van der Waals surface area (Å²) in [5, 5.41) is 0.336. The SMILES string of the molecule is CCOc1c(Cl)cc(/C=C2/N=C(c3ccccc3F)OC2=O)cc1OC. The first-order chi connectivity index (χ1) is 12.5. The van der Waals surface area contributed by atoms with Crippen molar-refractivity contribution in [3.8, 4) is 11.5 Å². The van der Waals surface area contributed by atoms with Crippen LogP contribution in [0, 0.1) is 5.82 Å². The first-order valence-electron chi connectivity index (χ1n) is 7.81. The van der Waals surface area contributed by atoms with Crippen molar-refractivity contribution in [2.45, 2.75) is 6.92 Å². The van der Waals surface area contributed by atoms with Crippen LogP contribution in [0.5, 0.6) is 11.5 Å². The van der Waals surface area contributed by atoms with E-state index >= 15 is 0 Å². The molecule has 1 heterocycles. The van der Waals surface area contributed by atoms with Crippen molar-refractivity contribution in [2.24, 2.45) is 4.99 Å². The maximum atomic E-state index is 13.9. The highest BCUT2D eigenvalue weighted by molar-refractivity contribution is 6.32. The van der Waals surface area contributed by atoms with Gasteiger partial charge in [-0.2, -0.15) is 0 Å². The Morgan fingerprint density at radius 3 is 2.77 bits per heavy atom. The molecule has 0 fully saturated rings. The lowest BCUT2D eigenvalue weighted by Crippen LogP contribution is -2.07. The average Bonchev–Trinajstić information content (AvgIpc) is 2.98. The molecular formula is C19H15ClFNO4. The van der Waals surface area contributed by atoms with E-state index in [1.54, 1.807) is 24.3 Å². The number of ether oxygens (including phenoxy) is 3. The van der Waals surface area contributed by atoms with Gasteiger partial charge in [-0.1, -0.05) is 23.7 Å². The zero-order valence-corrected chi connectivity index (χ0v) is 14.8. The topological polar surface area (TPSA) is 57.1 Å². The van der Waals surface area contributed by atoms with Gasteiger partial charge in [-0.25, -0.2) is 14.2 Å². The minimum atomic E-state index is -0.674. The molecule has 0 spiro atoms. The van der Waals surface area contributed by atoms with E-state index in [0.717, 1.165) is 0 Å². The van der Waals surface area contributed by atoms with Gasteiger partial charge in [0.15, 0.2) is 17.2 Å². The molecule has 0 radical (unpaired) electrons. The van der Waals surface area contributed by atoms with Crippen molar-refractivity contribution in [1.82, 2.24) is 0 Å². The minimum absolute atomic E-state index is 0.0329. The van der Waals surface area contributed by atoms with Crippen LogP contribution in [-0.4, -0.2) is 25.6 Å². The van der Waals surface area contributed by atoms with Crippen molar-refractivity contribution >= 4 is 29.5 Å². The predicted molar refractivity (Wildman–Crippen MR) is 96.2 cm³/mol. The quantitative estimate of drug-likeness (QED) is 0.579. The third kappa shape index (κ3) is 3.55. The number of benzene rings is 2. The Morgan fingerprint density at radius 1 is 1.31 bits per heavy atom. The van der Waals surface area contributed by atoms with E-state index in [9.17, 15) is 9.18 Å². The molecule has 0 saturated heterocycles. The van der Waals surface area contributed by atoms with Gasteiger partial charge >= 0.3 is 5.97 Å². The lowest BCUT2D eigenvalue weighted by molar-refractivity contribution is -0.129. The summed E-state index contributed by atoms with van der Waals surface area (Å²) >= 11 is 6.22. The summed E-state index contributed by atoms with van der Waals surface area (Å²) in [5.74, 6) is -0.430. The van der Waals surface area contributed by atoms with E-state index in [1.165, 1.54) is 25.3 Å². The first kappa shape index (κ1) is 17.9. The number of rotatable bonds is 5. The molecule has 134 valence electrons. The van der Waals surface area contributed by atoms with E-state index in [-0.39, 0.29) is 17.2 Å². The molecule has 0 aliphatic carbocycles. The Labute approximate surface area is 154 Å². The van der Waals surface area contributed by atoms with Gasteiger partial charge in [-0.3, -0.25) is 0 Å². The summed E-state index contributed by atoms with van der Waals surface area (Å²) in [7, 11) is 1.49. The fourth-order valence-corrected chi connectivity index (χ4v) is 2.70. The molecule has 2 aromatic rings. The number of hydrogen-bond acceptors (Lipinski definition) is 5. The largest absolute Gasteiger partial charge is 0.493 e. The smallest absolute Gasteiger partial charge is 0.363 e. The van der Waals surface area contributed by atoms with Gasteiger partial charge in [0.25, 0.3) is 0 Å². The highest BCUT2D eigenvalue weighted by Crippen LogP contribution is 2.37. The van der Waals surface area contributed by atoms with Gasteiger partial charge < -0.3 is 14.2 Å². The van der Waals surface area contributed by atoms with E-state index in [0.29, 0.717) is 28.7 Å². The molecule has 0 saturated carbocycles. The van der Waals surface area contributed by atoms with Gasteiger partial charge in [-0.15, -0.1) is 0 Å². The van der Waals surface area contributed by atoms with Gasteiger partial charge in [-0.05, 0) is 42.8 Å². The van der Waals surface area contributed by atoms with Crippen molar-refractivity contribution in [2.75, 3.05) is 13.7 Å². The summed E-state index contributed by atoms with van der Waals surface area (Å²) in [4.78, 5) is 16.2. The number of carbonyl (C=O) groups is 1. The third-order valence-electron chi connectivity index (χ3n) is 3.57.